The first-order valence-electron chi connectivity index (χ1n) is 7.46. The number of nitrogens with one attached hydrogen (secondary N) is 2. The molecule has 1 rings (SSSR count). The number of hydrogen-bond acceptors (Lipinski definition) is 4. The lowest BCUT2D eigenvalue weighted by Gasteiger charge is -2.21. The Labute approximate surface area is 136 Å². The Kier molecular flexibility index (Phi) is 6.75. The van der Waals surface area contributed by atoms with Crippen molar-refractivity contribution in [3.63, 3.8) is 0 Å². The molecule has 0 heterocycles. The number of carbonyl (C=O) groups excluding carboxylic acids is 3. The highest BCUT2D eigenvalue weighted by Gasteiger charge is 2.20. The van der Waals surface area contributed by atoms with Gasteiger partial charge in [-0.3, -0.25) is 14.4 Å². The van der Waals surface area contributed by atoms with Crippen molar-refractivity contribution in [2.24, 2.45) is 0 Å². The van der Waals surface area contributed by atoms with E-state index in [0.29, 0.717) is 0 Å². The van der Waals surface area contributed by atoms with Crippen LogP contribution in [0.1, 0.15) is 45.7 Å². The van der Waals surface area contributed by atoms with Gasteiger partial charge in [-0.25, -0.2) is 0 Å². The summed E-state index contributed by atoms with van der Waals surface area (Å²) in [4.78, 5) is 34.9. The predicted molar refractivity (Wildman–Crippen MR) is 86.5 cm³/mol. The third-order valence-corrected chi connectivity index (χ3v) is 2.83. The summed E-state index contributed by atoms with van der Waals surface area (Å²) in [6, 6.07) is 8.66. The molecule has 1 atom stereocenters. The molecule has 0 saturated heterocycles. The minimum absolute atomic E-state index is 0.0353. The normalized spacial score (nSPS) is 12.2. The van der Waals surface area contributed by atoms with E-state index < -0.39 is 12.0 Å². The molecule has 23 heavy (non-hydrogen) atoms. The van der Waals surface area contributed by atoms with Crippen molar-refractivity contribution in [2.45, 2.75) is 45.7 Å². The fourth-order valence-corrected chi connectivity index (χ4v) is 2.01. The van der Waals surface area contributed by atoms with Gasteiger partial charge in [0.25, 0.3) is 5.91 Å². The minimum Gasteiger partial charge on any atom is -0.456 e. The molecule has 0 fully saturated rings. The Morgan fingerprint density at radius 2 is 1.74 bits per heavy atom. The summed E-state index contributed by atoms with van der Waals surface area (Å²) >= 11 is 0. The van der Waals surface area contributed by atoms with Crippen LogP contribution in [0, 0.1) is 0 Å². The van der Waals surface area contributed by atoms with E-state index in [1.165, 1.54) is 6.92 Å². The molecule has 0 aromatic heterocycles. The zero-order valence-electron chi connectivity index (χ0n) is 14.0. The Hall–Kier alpha value is -2.37. The molecule has 0 saturated carbocycles. The summed E-state index contributed by atoms with van der Waals surface area (Å²) in [6.07, 6.45) is -0.0353. The molecule has 2 N–H and O–H groups in total. The van der Waals surface area contributed by atoms with Crippen LogP contribution < -0.4 is 10.6 Å². The lowest BCUT2D eigenvalue weighted by molar-refractivity contribution is -0.149. The molecule has 0 aliphatic rings. The molecule has 1 aromatic carbocycles. The highest BCUT2D eigenvalue weighted by Crippen LogP contribution is 2.17. The van der Waals surface area contributed by atoms with Gasteiger partial charge in [0.15, 0.2) is 6.61 Å². The summed E-state index contributed by atoms with van der Waals surface area (Å²) in [5.41, 5.74) is 0.422. The minimum atomic E-state index is -0.545. The van der Waals surface area contributed by atoms with Gasteiger partial charge in [0.1, 0.15) is 0 Å². The molecule has 2 amide bonds. The van der Waals surface area contributed by atoms with Crippen LogP contribution in [0.5, 0.6) is 0 Å². The van der Waals surface area contributed by atoms with Crippen LogP contribution in [0.4, 0.5) is 0 Å². The fraction of sp³-hybridized carbons (Fsp3) is 0.471. The molecule has 0 spiro atoms. The summed E-state index contributed by atoms with van der Waals surface area (Å²) in [5, 5.41) is 5.42. The molecule has 126 valence electrons. The van der Waals surface area contributed by atoms with Gasteiger partial charge >= 0.3 is 5.97 Å². The lowest BCUT2D eigenvalue weighted by atomic mass is 10.0. The number of esters is 1. The van der Waals surface area contributed by atoms with E-state index in [4.69, 9.17) is 4.74 Å². The average Bonchev–Trinajstić information content (AvgIpc) is 2.43. The number of rotatable bonds is 6. The van der Waals surface area contributed by atoms with Crippen LogP contribution >= 0.6 is 0 Å². The van der Waals surface area contributed by atoms with Gasteiger partial charge in [0.2, 0.25) is 5.91 Å². The second-order valence-electron chi connectivity index (χ2n) is 6.33. The topological polar surface area (TPSA) is 84.5 Å². The smallest absolute Gasteiger partial charge is 0.308 e. The SMILES string of the molecule is CC(=O)N[C@@H](CC(=O)OCC(=O)NC(C)(C)C)c1ccccc1. The van der Waals surface area contributed by atoms with Crippen molar-refractivity contribution in [3.05, 3.63) is 35.9 Å². The van der Waals surface area contributed by atoms with Gasteiger partial charge in [-0.05, 0) is 26.3 Å². The quantitative estimate of drug-likeness (QED) is 0.782. The maximum atomic E-state index is 11.9. The average molecular weight is 320 g/mol. The summed E-state index contributed by atoms with van der Waals surface area (Å²) in [6.45, 7) is 6.58. The Morgan fingerprint density at radius 1 is 1.13 bits per heavy atom. The first kappa shape index (κ1) is 18.7. The third kappa shape index (κ3) is 7.99. The van der Waals surface area contributed by atoms with Crippen molar-refractivity contribution < 1.29 is 19.1 Å². The molecule has 0 aliphatic carbocycles. The second-order valence-corrected chi connectivity index (χ2v) is 6.33. The van der Waals surface area contributed by atoms with Crippen molar-refractivity contribution in [3.8, 4) is 0 Å². The molecule has 6 heteroatoms. The largest absolute Gasteiger partial charge is 0.456 e. The van der Waals surface area contributed by atoms with Crippen LogP contribution in [0.3, 0.4) is 0 Å². The van der Waals surface area contributed by atoms with E-state index in [1.807, 2.05) is 51.1 Å². The van der Waals surface area contributed by atoms with E-state index in [1.54, 1.807) is 0 Å². The van der Waals surface area contributed by atoms with Gasteiger partial charge in [0.05, 0.1) is 12.5 Å². The molecule has 0 unspecified atom stereocenters. The van der Waals surface area contributed by atoms with E-state index in [9.17, 15) is 14.4 Å². The highest BCUT2D eigenvalue weighted by atomic mass is 16.5. The maximum Gasteiger partial charge on any atom is 0.308 e. The van der Waals surface area contributed by atoms with Crippen molar-refractivity contribution >= 4 is 17.8 Å². The highest BCUT2D eigenvalue weighted by molar-refractivity contribution is 5.81. The number of benzene rings is 1. The number of carbonyl (C=O) groups is 3. The zero-order chi connectivity index (χ0) is 17.5. The predicted octanol–water partition coefficient (Wildman–Crippen LogP) is 1.71. The zero-order valence-corrected chi connectivity index (χ0v) is 14.0. The Morgan fingerprint density at radius 3 is 2.26 bits per heavy atom. The number of ether oxygens (including phenoxy) is 1. The third-order valence-electron chi connectivity index (χ3n) is 2.83. The van der Waals surface area contributed by atoms with E-state index >= 15 is 0 Å². The maximum absolute atomic E-state index is 11.9. The van der Waals surface area contributed by atoms with Gasteiger partial charge in [0, 0.05) is 12.5 Å². The molecular weight excluding hydrogens is 296 g/mol. The standard InChI is InChI=1S/C17H24N2O4/c1-12(20)18-14(13-8-6-5-7-9-13)10-16(22)23-11-15(21)19-17(2,3)4/h5-9,14H,10-11H2,1-4H3,(H,18,20)(H,19,21)/t14-/m0/s1. The van der Waals surface area contributed by atoms with Gasteiger partial charge < -0.3 is 15.4 Å². The van der Waals surface area contributed by atoms with E-state index in [0.717, 1.165) is 5.56 Å². The van der Waals surface area contributed by atoms with Gasteiger partial charge in [-0.15, -0.1) is 0 Å². The van der Waals surface area contributed by atoms with Crippen LogP contribution in [-0.4, -0.2) is 29.9 Å². The van der Waals surface area contributed by atoms with Crippen LogP contribution in [0.2, 0.25) is 0 Å². The second kappa shape index (κ2) is 8.31. The molecule has 0 radical (unpaired) electrons. The monoisotopic (exact) mass is 320 g/mol. The van der Waals surface area contributed by atoms with Gasteiger partial charge in [-0.1, -0.05) is 30.3 Å². The number of amides is 2. The summed E-state index contributed by atoms with van der Waals surface area (Å²) in [5.74, 6) is -1.14. The first-order chi connectivity index (χ1) is 10.7. The van der Waals surface area contributed by atoms with E-state index in [2.05, 4.69) is 10.6 Å². The molecule has 0 aliphatic heterocycles. The van der Waals surface area contributed by atoms with Crippen molar-refractivity contribution in [2.75, 3.05) is 6.61 Å². The molecule has 1 aromatic rings. The number of hydrogen-bond donors (Lipinski definition) is 2. The van der Waals surface area contributed by atoms with Crippen molar-refractivity contribution in [1.82, 2.24) is 10.6 Å². The molecule has 0 bridgehead atoms. The Bertz CT molecular complexity index is 549. The van der Waals surface area contributed by atoms with E-state index in [-0.39, 0.29) is 30.4 Å². The van der Waals surface area contributed by atoms with Crippen LogP contribution in [0.25, 0.3) is 0 Å². The first-order valence-corrected chi connectivity index (χ1v) is 7.46. The summed E-state index contributed by atoms with van der Waals surface area (Å²) < 4.78 is 4.98. The summed E-state index contributed by atoms with van der Waals surface area (Å²) in [7, 11) is 0. The van der Waals surface area contributed by atoms with Gasteiger partial charge in [-0.2, -0.15) is 0 Å². The fourth-order valence-electron chi connectivity index (χ4n) is 2.01. The Balaban J connectivity index is 2.57. The van der Waals surface area contributed by atoms with Crippen molar-refractivity contribution in [1.29, 1.82) is 0 Å². The van der Waals surface area contributed by atoms with Crippen LogP contribution in [-0.2, 0) is 19.1 Å². The molecular formula is C17H24N2O4. The van der Waals surface area contributed by atoms with Crippen LogP contribution in [0.15, 0.2) is 30.3 Å². The molecule has 6 nitrogen and oxygen atoms in total. The lowest BCUT2D eigenvalue weighted by Crippen LogP contribution is -2.42.